The minimum atomic E-state index is -0.484. The lowest BCUT2D eigenvalue weighted by atomic mass is 10.0. The Balaban J connectivity index is 0.000000180. The molecule has 37 heteroatoms. The Kier molecular flexibility index (Phi) is 33.9. The largest absolute Gasteiger partial charge is 0.495 e. The number of nitrogens with zero attached hydrogens (tertiary/aromatic N) is 10. The van der Waals surface area contributed by atoms with Gasteiger partial charge in [-0.2, -0.15) is 0 Å². The van der Waals surface area contributed by atoms with Gasteiger partial charge in [0.1, 0.15) is 57.4 Å². The Morgan fingerprint density at radius 2 is 0.664 bits per heavy atom. The second-order valence-corrected chi connectivity index (χ2v) is 32.2. The molecule has 0 amide bonds. The third-order valence-corrected chi connectivity index (χ3v) is 23.8. The van der Waals surface area contributed by atoms with Crippen molar-refractivity contribution in [1.29, 1.82) is 0 Å². The van der Waals surface area contributed by atoms with Crippen molar-refractivity contribution in [3.05, 3.63) is 301 Å². The number of carbonyl (C=O) groups is 1. The van der Waals surface area contributed by atoms with Crippen LogP contribution in [0, 0.1) is 47.9 Å². The number of fused-ring (bicyclic) bond motifs is 4. The zero-order valence-electron chi connectivity index (χ0n) is 72.8. The van der Waals surface area contributed by atoms with Crippen LogP contribution in [0.4, 0.5) is 57.7 Å². The van der Waals surface area contributed by atoms with Crippen molar-refractivity contribution in [1.82, 2.24) is 39.9 Å². The number of nitro benzene ring substituents is 2. The minimum absolute atomic E-state index is 0. The van der Waals surface area contributed by atoms with Crippen LogP contribution in [0.1, 0.15) is 36.7 Å². The molecule has 690 valence electrons. The van der Waals surface area contributed by atoms with Crippen LogP contribution in [-0.4, -0.2) is 112 Å². The average Bonchev–Trinajstić information content (AvgIpc) is 0.783. The van der Waals surface area contributed by atoms with E-state index >= 15 is 0 Å². The molecule has 0 aliphatic rings. The highest BCUT2D eigenvalue weighted by atomic mass is 35.5. The van der Waals surface area contributed by atoms with Gasteiger partial charge in [0.15, 0.2) is 5.78 Å². The van der Waals surface area contributed by atoms with Gasteiger partial charge in [-0.3, -0.25) is 25.0 Å². The highest BCUT2D eigenvalue weighted by Crippen LogP contribution is 2.52. The molecule has 0 aliphatic carbocycles. The number of allylic oxidation sites excluding steroid dienone is 1. The van der Waals surface area contributed by atoms with Gasteiger partial charge >= 0.3 is 0 Å². The molecule has 4 heterocycles. The van der Waals surface area contributed by atoms with Gasteiger partial charge in [0.2, 0.25) is 23.1 Å². The van der Waals surface area contributed by atoms with Gasteiger partial charge < -0.3 is 65.3 Å². The molecule has 0 unspecified atom stereocenters. The number of nitrogens with one attached hydrogen (secondary N) is 3. The summed E-state index contributed by atoms with van der Waals surface area (Å²) in [7, 11) is 12.3. The van der Waals surface area contributed by atoms with Crippen molar-refractivity contribution in [2.45, 2.75) is 41.5 Å². The summed E-state index contributed by atoms with van der Waals surface area (Å²) in [6.07, 6.45) is 8.30. The predicted molar refractivity (Wildman–Crippen MR) is 542 cm³/mol. The van der Waals surface area contributed by atoms with Gasteiger partial charge in [0.05, 0.1) is 140 Å². The Bertz CT molecular complexity index is 7090. The topological polar surface area (TPSA) is 368 Å². The number of rotatable bonds is 23. The van der Waals surface area contributed by atoms with E-state index in [1.54, 1.807) is 107 Å². The Morgan fingerprint density at radius 3 is 0.985 bits per heavy atom. The van der Waals surface area contributed by atoms with Gasteiger partial charge in [0, 0.05) is 119 Å². The highest BCUT2D eigenvalue weighted by molar-refractivity contribution is 6.43. The van der Waals surface area contributed by atoms with E-state index in [-0.39, 0.29) is 49.4 Å². The lowest BCUT2D eigenvalue weighted by molar-refractivity contribution is -0.384. The maximum atomic E-state index is 11.9. The number of ether oxygens (including phenoxy) is 8. The molecule has 7 N–H and O–H groups in total. The first kappa shape index (κ1) is 101. The molecule has 16 rings (SSSR count). The van der Waals surface area contributed by atoms with E-state index < -0.39 is 9.85 Å². The third-order valence-electron chi connectivity index (χ3n) is 20.7. The van der Waals surface area contributed by atoms with E-state index in [1.807, 2.05) is 117 Å². The van der Waals surface area contributed by atoms with Crippen LogP contribution in [0.15, 0.2) is 207 Å². The molecular formula is C97H86Cl9N15O13. The number of nitro groups is 2. The summed E-state index contributed by atoms with van der Waals surface area (Å²) >= 11 is 58.0. The standard InChI is InChI=1S/C27H23Cl2N3O3.C23H18Cl2N4O4.C23H20Cl2N4O2.C16H11Cl3N2O2.C7H8N2O2.CH4.H2/c1-5-19(33)12-17-8-6-7-15(2)26(17)32-27-30-14-18-11-16(9-10-20(18)31-27)23-24(28)21(34-3)13-22(35-4)25(23)29;1-12-5-4-6-16(29(30)31)22(12)28-23-26-11-14-9-13(7-8-15(14)27-23)19-20(24)17(32-2)10-18(33-3)21(19)25;1-12-5-4-6-15(26)22(12)29-23-27-11-14-9-13(7-8-16(14)28-23)19-20(24)17(30-2)10-18(31-3)21(19)25;1-22-11-6-12(23-2)15(18)13(14(11)17)8-3-4-10-9(5-8)7-20-16(19)21-10;1-5-3-2-4-6(7(5)8)9(10)11;;/h5-11,13-14H,1,12H2,2-4H3,(H,30,31,32);4-11H,1-3H3,(H,26,27,28);4-11H,26H2,1-3H3,(H,27,28,29);3-7H,1-2H3;2-4H,8H2,1H3;1H4;1H. The zero-order valence-corrected chi connectivity index (χ0v) is 79.6. The predicted octanol–water partition coefficient (Wildman–Crippen LogP) is 27.4. The molecule has 0 saturated carbocycles. The summed E-state index contributed by atoms with van der Waals surface area (Å²) < 4.78 is 42.8. The molecular weight excluding hydrogens is 1900 g/mol. The van der Waals surface area contributed by atoms with E-state index in [2.05, 4.69) is 62.4 Å². The van der Waals surface area contributed by atoms with Gasteiger partial charge in [0.25, 0.3) is 11.4 Å². The number of hydrogen-bond donors (Lipinski definition) is 5. The maximum Gasteiger partial charge on any atom is 0.293 e. The van der Waals surface area contributed by atoms with Crippen LogP contribution in [-0.2, 0) is 11.2 Å². The van der Waals surface area contributed by atoms with Crippen LogP contribution in [0.25, 0.3) is 88.1 Å². The molecule has 28 nitrogen and oxygen atoms in total. The number of aromatic nitrogens is 8. The fourth-order valence-electron chi connectivity index (χ4n) is 13.8. The molecule has 134 heavy (non-hydrogen) atoms. The van der Waals surface area contributed by atoms with Crippen molar-refractivity contribution >= 4 is 211 Å². The van der Waals surface area contributed by atoms with E-state index in [9.17, 15) is 25.0 Å². The van der Waals surface area contributed by atoms with Gasteiger partial charge in [-0.1, -0.05) is 186 Å². The fourth-order valence-corrected chi connectivity index (χ4v) is 16.8. The van der Waals surface area contributed by atoms with Crippen LogP contribution in [0.2, 0.25) is 45.5 Å². The minimum Gasteiger partial charge on any atom is -0.495 e. The summed E-state index contributed by atoms with van der Waals surface area (Å²) in [5.41, 5.74) is 26.9. The average molecular weight is 1990 g/mol. The van der Waals surface area contributed by atoms with Crippen molar-refractivity contribution in [3.8, 4) is 90.5 Å². The quantitative estimate of drug-likeness (QED) is 0.0131. The Labute approximate surface area is 816 Å². The number of aryl methyl sites for hydroxylation is 4. The normalized spacial score (nSPS) is 10.6. The number of methoxy groups -OCH3 is 8. The summed E-state index contributed by atoms with van der Waals surface area (Å²) in [4.78, 5) is 67.9. The van der Waals surface area contributed by atoms with E-state index in [1.165, 1.54) is 60.9 Å². The van der Waals surface area contributed by atoms with Crippen molar-refractivity contribution in [2.24, 2.45) is 0 Å². The first-order valence-corrected chi connectivity index (χ1v) is 43.0. The summed E-state index contributed by atoms with van der Waals surface area (Å²) in [6, 6.07) is 50.1. The SMILES string of the molecule is C.C=CC(=O)Cc1cccc(C)c1Nc1ncc2cc(-c3c(Cl)c(OC)cc(OC)c3Cl)ccc2n1.COc1cc(OC)c(Cl)c(-c2ccc3nc(Cl)ncc3c2)c1Cl.COc1cc(OC)c(Cl)c(-c2ccc3nc(Nc4c(C)cccc4N)ncc3c2)c1Cl.COc1cc(OC)c(Cl)c(-c2ccc3nc(Nc4c(C)cccc4[N+](=O)[O-])ncc3c2)c1Cl.Cc1cccc([N+](=O)[O-])c1N.[HH]. The molecule has 12 aromatic carbocycles. The number of carbonyl (C=O) groups excluding carboxylic acids is 1. The van der Waals surface area contributed by atoms with Crippen molar-refractivity contribution in [2.75, 3.05) is 84.3 Å². The molecule has 0 bridgehead atoms. The van der Waals surface area contributed by atoms with Crippen LogP contribution >= 0.6 is 104 Å². The second-order valence-electron chi connectivity index (χ2n) is 28.8. The van der Waals surface area contributed by atoms with Crippen LogP contribution in [0.3, 0.4) is 0 Å². The van der Waals surface area contributed by atoms with Crippen LogP contribution in [0.5, 0.6) is 46.0 Å². The molecule has 0 spiro atoms. The highest BCUT2D eigenvalue weighted by Gasteiger charge is 2.26. The maximum absolute atomic E-state index is 11.9. The number of nitrogen functional groups attached to an aromatic ring is 2. The van der Waals surface area contributed by atoms with E-state index in [4.69, 9.17) is 154 Å². The van der Waals surface area contributed by atoms with Gasteiger partial charge in [-0.25, -0.2) is 39.9 Å². The first-order valence-electron chi connectivity index (χ1n) is 39.6. The number of hydrogen-bond acceptors (Lipinski definition) is 26. The third kappa shape index (κ3) is 22.6. The van der Waals surface area contributed by atoms with Gasteiger partial charge in [-0.15, -0.1) is 0 Å². The fraction of sp³-hybridized carbons (Fsp3) is 0.144. The lowest BCUT2D eigenvalue weighted by Crippen LogP contribution is -2.06. The Morgan fingerprint density at radius 1 is 0.381 bits per heavy atom. The number of anilines is 8. The number of para-hydroxylation sites is 4. The Hall–Kier alpha value is -13.8. The molecule has 0 saturated heterocycles. The van der Waals surface area contributed by atoms with Crippen LogP contribution < -0.4 is 65.3 Å². The number of nitrogens with two attached hydrogens (primary N) is 2. The molecule has 0 fully saturated rings. The molecule has 0 radical (unpaired) electrons. The second kappa shape index (κ2) is 45.1. The molecule has 16 aromatic rings. The smallest absolute Gasteiger partial charge is 0.293 e. The first-order chi connectivity index (χ1) is 63.8. The van der Waals surface area contributed by atoms with Crippen molar-refractivity contribution < 1.29 is 54.0 Å². The number of ketones is 1. The van der Waals surface area contributed by atoms with E-state index in [0.717, 1.165) is 94.0 Å². The lowest BCUT2D eigenvalue weighted by Gasteiger charge is -2.15. The molecule has 4 aromatic heterocycles. The summed E-state index contributed by atoms with van der Waals surface area (Å²) in [6.45, 7) is 11.0. The summed E-state index contributed by atoms with van der Waals surface area (Å²) in [5.74, 6) is 4.77. The van der Waals surface area contributed by atoms with Crippen molar-refractivity contribution in [3.63, 3.8) is 0 Å². The van der Waals surface area contributed by atoms with Gasteiger partial charge in [-0.05, 0) is 150 Å². The monoisotopic (exact) mass is 1980 g/mol. The summed E-state index contributed by atoms with van der Waals surface area (Å²) in [5, 5.41) is 37.6. The number of halogens is 9. The molecule has 0 atom stereocenters. The molecule has 0 aliphatic heterocycles. The van der Waals surface area contributed by atoms with E-state index in [0.29, 0.717) is 143 Å². The number of benzene rings is 12. The zero-order chi connectivity index (χ0) is 95.9.